The lowest BCUT2D eigenvalue weighted by molar-refractivity contribution is 0.105. The zero-order chi connectivity index (χ0) is 23.5. The number of rotatable bonds is 6. The predicted octanol–water partition coefficient (Wildman–Crippen LogP) is 5.58. The first-order chi connectivity index (χ1) is 16.6. The second kappa shape index (κ2) is 9.69. The summed E-state index contributed by atoms with van der Waals surface area (Å²) in [4.78, 5) is 22.6. The Morgan fingerprint density at radius 3 is 2.74 bits per heavy atom. The predicted molar refractivity (Wildman–Crippen MR) is 132 cm³/mol. The van der Waals surface area contributed by atoms with Gasteiger partial charge >= 0.3 is 6.09 Å². The van der Waals surface area contributed by atoms with Crippen LogP contribution in [0.3, 0.4) is 0 Å². The van der Waals surface area contributed by atoms with Gasteiger partial charge < -0.3 is 15.3 Å². The van der Waals surface area contributed by atoms with Gasteiger partial charge in [0.2, 0.25) is 5.95 Å². The van der Waals surface area contributed by atoms with E-state index in [0.717, 1.165) is 35.7 Å². The van der Waals surface area contributed by atoms with Crippen LogP contribution in [-0.2, 0) is 6.54 Å². The third-order valence-electron chi connectivity index (χ3n) is 6.30. The van der Waals surface area contributed by atoms with Gasteiger partial charge in [-0.3, -0.25) is 5.10 Å². The molecule has 2 heterocycles. The van der Waals surface area contributed by atoms with Crippen LogP contribution in [0.15, 0.2) is 60.8 Å². The Morgan fingerprint density at radius 1 is 1.12 bits per heavy atom. The van der Waals surface area contributed by atoms with Crippen LogP contribution in [0, 0.1) is 0 Å². The summed E-state index contributed by atoms with van der Waals surface area (Å²) in [6.45, 7) is 0.376. The zero-order valence-corrected chi connectivity index (χ0v) is 19.2. The van der Waals surface area contributed by atoms with Crippen molar-refractivity contribution in [2.24, 2.45) is 0 Å². The highest BCUT2D eigenvalue weighted by molar-refractivity contribution is 6.33. The maximum Gasteiger partial charge on any atom is 0.407 e. The summed E-state index contributed by atoms with van der Waals surface area (Å²) in [7, 11) is 0. The van der Waals surface area contributed by atoms with Crippen LogP contribution in [0.2, 0.25) is 5.02 Å². The van der Waals surface area contributed by atoms with E-state index in [4.69, 9.17) is 11.6 Å². The van der Waals surface area contributed by atoms with E-state index >= 15 is 0 Å². The molecule has 1 aliphatic rings. The summed E-state index contributed by atoms with van der Waals surface area (Å²) >= 11 is 6.43. The van der Waals surface area contributed by atoms with Gasteiger partial charge in [-0.2, -0.15) is 5.10 Å². The average molecular weight is 477 g/mol. The maximum atomic E-state index is 12.0. The molecule has 0 saturated heterocycles. The van der Waals surface area contributed by atoms with Crippen LogP contribution in [0.5, 0.6) is 0 Å². The van der Waals surface area contributed by atoms with E-state index in [1.807, 2.05) is 54.6 Å². The second-order valence-corrected chi connectivity index (χ2v) is 8.97. The molecule has 2 aromatic carbocycles. The number of nitrogens with zero attached hydrogens (tertiary/aromatic N) is 4. The molecule has 2 atom stereocenters. The first-order valence-electron chi connectivity index (χ1n) is 11.3. The van der Waals surface area contributed by atoms with Crippen molar-refractivity contribution in [3.05, 3.63) is 71.4 Å². The number of H-pyrrole nitrogens is 1. The molecule has 9 heteroatoms. The summed E-state index contributed by atoms with van der Waals surface area (Å²) in [6.07, 6.45) is 4.04. The van der Waals surface area contributed by atoms with Crippen LogP contribution >= 0.6 is 11.6 Å². The molecule has 4 aromatic rings. The van der Waals surface area contributed by atoms with Crippen LogP contribution in [0.25, 0.3) is 22.3 Å². The minimum Gasteiger partial charge on any atom is -0.465 e. The molecular formula is C25H25ClN6O2. The Kier molecular flexibility index (Phi) is 6.31. The molecule has 3 N–H and O–H groups in total. The first kappa shape index (κ1) is 22.2. The molecule has 0 radical (unpaired) electrons. The van der Waals surface area contributed by atoms with E-state index in [0.29, 0.717) is 35.3 Å². The van der Waals surface area contributed by atoms with Crippen molar-refractivity contribution >= 4 is 34.5 Å². The van der Waals surface area contributed by atoms with E-state index in [1.54, 1.807) is 11.1 Å². The highest BCUT2D eigenvalue weighted by atomic mass is 35.5. The lowest BCUT2D eigenvalue weighted by Crippen LogP contribution is -2.44. The lowest BCUT2D eigenvalue weighted by Gasteiger charge is -2.36. The number of halogens is 1. The SMILES string of the molecule is O=C(O)N(Cc1ccccc1)[C@H]1CCCC(Nc2ncc(Cl)c(-c3n[nH]c4ccccc34)n2)C1. The zero-order valence-electron chi connectivity index (χ0n) is 18.5. The van der Waals surface area contributed by atoms with Gasteiger partial charge in [0, 0.05) is 24.0 Å². The summed E-state index contributed by atoms with van der Waals surface area (Å²) in [6, 6.07) is 17.5. The fourth-order valence-electron chi connectivity index (χ4n) is 4.64. The van der Waals surface area contributed by atoms with Crippen molar-refractivity contribution in [2.75, 3.05) is 5.32 Å². The van der Waals surface area contributed by atoms with Gasteiger partial charge in [-0.1, -0.05) is 60.1 Å². The Hall–Kier alpha value is -3.65. The molecule has 0 spiro atoms. The van der Waals surface area contributed by atoms with Gasteiger partial charge in [0.1, 0.15) is 11.4 Å². The molecule has 0 aliphatic heterocycles. The van der Waals surface area contributed by atoms with Crippen LogP contribution in [0.4, 0.5) is 10.7 Å². The van der Waals surface area contributed by atoms with E-state index in [2.05, 4.69) is 25.5 Å². The molecule has 1 fully saturated rings. The van der Waals surface area contributed by atoms with E-state index in [1.165, 1.54) is 0 Å². The van der Waals surface area contributed by atoms with Crippen molar-refractivity contribution in [1.82, 2.24) is 25.1 Å². The fourth-order valence-corrected chi connectivity index (χ4v) is 4.82. The smallest absolute Gasteiger partial charge is 0.407 e. The van der Waals surface area contributed by atoms with Gasteiger partial charge in [0.25, 0.3) is 0 Å². The van der Waals surface area contributed by atoms with Gasteiger partial charge in [-0.05, 0) is 37.3 Å². The van der Waals surface area contributed by atoms with Crippen molar-refractivity contribution in [3.8, 4) is 11.4 Å². The number of benzene rings is 2. The number of nitrogens with one attached hydrogen (secondary N) is 2. The molecular weight excluding hydrogens is 452 g/mol. The molecule has 1 unspecified atom stereocenters. The molecule has 1 amide bonds. The number of fused-ring (bicyclic) bond motifs is 1. The van der Waals surface area contributed by atoms with Gasteiger partial charge in [-0.15, -0.1) is 0 Å². The highest BCUT2D eigenvalue weighted by Gasteiger charge is 2.30. The summed E-state index contributed by atoms with van der Waals surface area (Å²) < 4.78 is 0. The minimum absolute atomic E-state index is 0.0568. The van der Waals surface area contributed by atoms with Crippen LogP contribution in [0.1, 0.15) is 31.2 Å². The van der Waals surface area contributed by atoms with Crippen LogP contribution < -0.4 is 5.32 Å². The summed E-state index contributed by atoms with van der Waals surface area (Å²) in [5.41, 5.74) is 3.12. The Morgan fingerprint density at radius 2 is 1.91 bits per heavy atom. The van der Waals surface area contributed by atoms with E-state index in [-0.39, 0.29) is 12.1 Å². The fraction of sp³-hybridized carbons (Fsp3) is 0.280. The largest absolute Gasteiger partial charge is 0.465 e. The summed E-state index contributed by atoms with van der Waals surface area (Å²) in [5.74, 6) is 0.460. The van der Waals surface area contributed by atoms with Gasteiger partial charge in [-0.25, -0.2) is 14.8 Å². The van der Waals surface area contributed by atoms with Crippen molar-refractivity contribution in [2.45, 2.75) is 44.3 Å². The lowest BCUT2D eigenvalue weighted by atomic mass is 9.90. The maximum absolute atomic E-state index is 12.0. The van der Waals surface area contributed by atoms with E-state index in [9.17, 15) is 9.90 Å². The van der Waals surface area contributed by atoms with Crippen LogP contribution in [-0.4, -0.2) is 48.3 Å². The summed E-state index contributed by atoms with van der Waals surface area (Å²) in [5, 5.41) is 22.1. The van der Waals surface area contributed by atoms with Crippen molar-refractivity contribution < 1.29 is 9.90 Å². The number of anilines is 1. The average Bonchev–Trinajstić information content (AvgIpc) is 3.28. The Bertz CT molecular complexity index is 1300. The Labute approximate surface area is 202 Å². The molecule has 1 aliphatic carbocycles. The molecule has 5 rings (SSSR count). The standard InChI is InChI=1S/C25H25ClN6O2/c26-20-14-27-24(29-23(20)22-19-11-4-5-12-21(19)30-31-22)28-17-9-6-10-18(13-17)32(25(33)34)15-16-7-2-1-3-8-16/h1-5,7-8,11-12,14,17-18H,6,9-10,13,15H2,(H,30,31)(H,33,34)(H,27,28,29)/t17?,18-/m0/s1. The van der Waals surface area contributed by atoms with Crippen molar-refractivity contribution in [3.63, 3.8) is 0 Å². The number of hydrogen-bond acceptors (Lipinski definition) is 5. The number of para-hydroxylation sites is 1. The molecule has 8 nitrogen and oxygen atoms in total. The molecule has 2 aromatic heterocycles. The normalized spacial score (nSPS) is 18.0. The second-order valence-electron chi connectivity index (χ2n) is 8.57. The monoisotopic (exact) mass is 476 g/mol. The minimum atomic E-state index is -0.898. The number of amides is 1. The number of aromatic amines is 1. The number of hydrogen-bond donors (Lipinski definition) is 3. The number of aromatic nitrogens is 4. The quantitative estimate of drug-likeness (QED) is 0.335. The molecule has 34 heavy (non-hydrogen) atoms. The topological polar surface area (TPSA) is 107 Å². The van der Waals surface area contributed by atoms with Crippen molar-refractivity contribution in [1.29, 1.82) is 0 Å². The number of carboxylic acid groups (broad SMARTS) is 1. The highest BCUT2D eigenvalue weighted by Crippen LogP contribution is 2.31. The molecule has 0 bridgehead atoms. The first-order valence-corrected chi connectivity index (χ1v) is 11.7. The Balaban J connectivity index is 1.33. The third kappa shape index (κ3) is 4.68. The third-order valence-corrected chi connectivity index (χ3v) is 6.58. The van der Waals surface area contributed by atoms with Gasteiger partial charge in [0.05, 0.1) is 16.7 Å². The van der Waals surface area contributed by atoms with E-state index < -0.39 is 6.09 Å². The molecule has 1 saturated carbocycles. The number of carbonyl (C=O) groups is 1. The van der Waals surface area contributed by atoms with Gasteiger partial charge in [0.15, 0.2) is 0 Å². The molecule has 174 valence electrons.